The highest BCUT2D eigenvalue weighted by Crippen LogP contribution is 2.53. The summed E-state index contributed by atoms with van der Waals surface area (Å²) in [4.78, 5) is 0. The maximum Gasteiger partial charge on any atom is -0.00523 e. The smallest absolute Gasteiger partial charge is 0.00523 e. The summed E-state index contributed by atoms with van der Waals surface area (Å²) in [7, 11) is 0. The average Bonchev–Trinajstić information content (AvgIpc) is 2.28. The van der Waals surface area contributed by atoms with Gasteiger partial charge >= 0.3 is 0 Å². The van der Waals surface area contributed by atoms with E-state index < -0.39 is 0 Å². The SMILES string of the molecule is CC1CC2C=CC=CC2(C)C1C. The van der Waals surface area contributed by atoms with Crippen molar-refractivity contribution in [3.05, 3.63) is 24.3 Å². The molecule has 0 nitrogen and oxygen atoms in total. The highest BCUT2D eigenvalue weighted by Gasteiger charge is 2.45. The predicted octanol–water partition coefficient (Wildman–Crippen LogP) is 3.41. The minimum Gasteiger partial charge on any atom is -0.0806 e. The normalized spacial score (nSPS) is 51.1. The molecule has 0 amide bonds. The van der Waals surface area contributed by atoms with Crippen molar-refractivity contribution in [1.29, 1.82) is 0 Å². The molecule has 0 aromatic carbocycles. The minimum absolute atomic E-state index is 0.453. The van der Waals surface area contributed by atoms with Gasteiger partial charge in [-0.15, -0.1) is 0 Å². The summed E-state index contributed by atoms with van der Waals surface area (Å²) in [5.74, 6) is 2.52. The van der Waals surface area contributed by atoms with Gasteiger partial charge in [0, 0.05) is 0 Å². The second-order valence-electron chi connectivity index (χ2n) is 4.72. The molecule has 2 aliphatic carbocycles. The van der Waals surface area contributed by atoms with E-state index in [2.05, 4.69) is 45.1 Å². The number of allylic oxidation sites excluding steroid dienone is 4. The van der Waals surface area contributed by atoms with Gasteiger partial charge in [-0.05, 0) is 29.6 Å². The first kappa shape index (κ1) is 8.10. The Labute approximate surface area is 75.4 Å². The van der Waals surface area contributed by atoms with E-state index in [1.165, 1.54) is 6.42 Å². The molecule has 0 radical (unpaired) electrons. The fourth-order valence-corrected chi connectivity index (χ4v) is 2.83. The lowest BCUT2D eigenvalue weighted by molar-refractivity contribution is 0.255. The Hall–Kier alpha value is -0.520. The zero-order chi connectivity index (χ0) is 8.77. The molecule has 0 bridgehead atoms. The van der Waals surface area contributed by atoms with E-state index in [0.717, 1.165) is 17.8 Å². The Balaban J connectivity index is 2.34. The van der Waals surface area contributed by atoms with E-state index in [4.69, 9.17) is 0 Å². The van der Waals surface area contributed by atoms with Crippen molar-refractivity contribution in [3.8, 4) is 0 Å². The van der Waals surface area contributed by atoms with Gasteiger partial charge in [-0.1, -0.05) is 45.1 Å². The van der Waals surface area contributed by atoms with Crippen molar-refractivity contribution in [2.24, 2.45) is 23.2 Å². The Kier molecular flexibility index (Phi) is 1.67. The number of fused-ring (bicyclic) bond motifs is 1. The van der Waals surface area contributed by atoms with Gasteiger partial charge < -0.3 is 0 Å². The molecule has 2 aliphatic rings. The van der Waals surface area contributed by atoms with Gasteiger partial charge in [0.2, 0.25) is 0 Å². The molecule has 0 heterocycles. The van der Waals surface area contributed by atoms with Crippen LogP contribution in [-0.2, 0) is 0 Å². The van der Waals surface area contributed by atoms with Crippen LogP contribution in [0.25, 0.3) is 0 Å². The van der Waals surface area contributed by atoms with Crippen LogP contribution in [0.2, 0.25) is 0 Å². The van der Waals surface area contributed by atoms with Crippen LogP contribution in [0.1, 0.15) is 27.2 Å². The molecule has 0 aromatic heterocycles. The Morgan fingerprint density at radius 3 is 2.67 bits per heavy atom. The van der Waals surface area contributed by atoms with E-state index in [9.17, 15) is 0 Å². The lowest BCUT2D eigenvalue weighted by Crippen LogP contribution is -2.25. The molecule has 4 atom stereocenters. The summed E-state index contributed by atoms with van der Waals surface area (Å²) < 4.78 is 0. The summed E-state index contributed by atoms with van der Waals surface area (Å²) in [6, 6.07) is 0. The molecular formula is C12H18. The van der Waals surface area contributed by atoms with Crippen LogP contribution in [0.15, 0.2) is 24.3 Å². The molecular weight excluding hydrogens is 144 g/mol. The Bertz CT molecular complexity index is 236. The lowest BCUT2D eigenvalue weighted by atomic mass is 9.71. The van der Waals surface area contributed by atoms with Gasteiger partial charge in [0.15, 0.2) is 0 Å². The zero-order valence-corrected chi connectivity index (χ0v) is 8.25. The van der Waals surface area contributed by atoms with E-state index in [0.29, 0.717) is 5.41 Å². The third-order valence-corrected chi connectivity index (χ3v) is 4.17. The maximum atomic E-state index is 2.41. The average molecular weight is 162 g/mol. The molecule has 4 unspecified atom stereocenters. The quantitative estimate of drug-likeness (QED) is 0.512. The first-order chi connectivity index (χ1) is 5.64. The van der Waals surface area contributed by atoms with Crippen LogP contribution in [-0.4, -0.2) is 0 Å². The van der Waals surface area contributed by atoms with Crippen LogP contribution >= 0.6 is 0 Å². The molecule has 1 fully saturated rings. The van der Waals surface area contributed by atoms with E-state index >= 15 is 0 Å². The molecule has 12 heavy (non-hydrogen) atoms. The van der Waals surface area contributed by atoms with E-state index in [1.807, 2.05) is 0 Å². The van der Waals surface area contributed by atoms with Crippen molar-refractivity contribution in [3.63, 3.8) is 0 Å². The third kappa shape index (κ3) is 0.903. The topological polar surface area (TPSA) is 0 Å². The standard InChI is InChI=1S/C12H18/c1-9-8-11-6-4-5-7-12(11,3)10(9)2/h4-7,9-11H,8H2,1-3H3. The largest absolute Gasteiger partial charge is 0.0806 e. The molecule has 66 valence electrons. The van der Waals surface area contributed by atoms with Crippen molar-refractivity contribution >= 4 is 0 Å². The summed E-state index contributed by atoms with van der Waals surface area (Å²) in [5, 5.41) is 0. The summed E-state index contributed by atoms with van der Waals surface area (Å²) in [6.45, 7) is 7.19. The lowest BCUT2D eigenvalue weighted by Gasteiger charge is -2.33. The molecule has 0 spiro atoms. The molecule has 1 saturated carbocycles. The summed E-state index contributed by atoms with van der Waals surface area (Å²) >= 11 is 0. The van der Waals surface area contributed by atoms with Gasteiger partial charge in [-0.2, -0.15) is 0 Å². The first-order valence-corrected chi connectivity index (χ1v) is 5.00. The summed E-state index contributed by atoms with van der Waals surface area (Å²) in [6.07, 6.45) is 10.6. The third-order valence-electron chi connectivity index (χ3n) is 4.17. The molecule has 0 aromatic rings. The van der Waals surface area contributed by atoms with Crippen LogP contribution in [0.5, 0.6) is 0 Å². The molecule has 0 aliphatic heterocycles. The van der Waals surface area contributed by atoms with Crippen molar-refractivity contribution < 1.29 is 0 Å². The van der Waals surface area contributed by atoms with E-state index in [-0.39, 0.29) is 0 Å². The van der Waals surface area contributed by atoms with Gasteiger partial charge in [0.05, 0.1) is 0 Å². The Morgan fingerprint density at radius 1 is 1.25 bits per heavy atom. The number of rotatable bonds is 0. The van der Waals surface area contributed by atoms with Gasteiger partial charge in [0.1, 0.15) is 0 Å². The van der Waals surface area contributed by atoms with Gasteiger partial charge in [0.25, 0.3) is 0 Å². The van der Waals surface area contributed by atoms with Gasteiger partial charge in [-0.3, -0.25) is 0 Å². The molecule has 0 heteroatoms. The van der Waals surface area contributed by atoms with Crippen molar-refractivity contribution in [2.75, 3.05) is 0 Å². The second kappa shape index (κ2) is 2.48. The monoisotopic (exact) mass is 162 g/mol. The molecule has 2 rings (SSSR count). The fourth-order valence-electron chi connectivity index (χ4n) is 2.83. The first-order valence-electron chi connectivity index (χ1n) is 5.00. The van der Waals surface area contributed by atoms with Crippen LogP contribution in [0.3, 0.4) is 0 Å². The zero-order valence-electron chi connectivity index (χ0n) is 8.25. The molecule has 0 saturated heterocycles. The van der Waals surface area contributed by atoms with Crippen LogP contribution in [0.4, 0.5) is 0 Å². The summed E-state index contributed by atoms with van der Waals surface area (Å²) in [5.41, 5.74) is 0.453. The Morgan fingerprint density at radius 2 is 2.00 bits per heavy atom. The highest BCUT2D eigenvalue weighted by molar-refractivity contribution is 5.22. The fraction of sp³-hybridized carbons (Fsp3) is 0.667. The molecule has 0 N–H and O–H groups in total. The van der Waals surface area contributed by atoms with Gasteiger partial charge in [-0.25, -0.2) is 0 Å². The number of hydrogen-bond donors (Lipinski definition) is 0. The van der Waals surface area contributed by atoms with Crippen LogP contribution in [0, 0.1) is 23.2 Å². The predicted molar refractivity (Wildman–Crippen MR) is 52.8 cm³/mol. The number of hydrogen-bond acceptors (Lipinski definition) is 0. The second-order valence-corrected chi connectivity index (χ2v) is 4.72. The van der Waals surface area contributed by atoms with Crippen LogP contribution < -0.4 is 0 Å². The van der Waals surface area contributed by atoms with E-state index in [1.54, 1.807) is 0 Å². The minimum atomic E-state index is 0.453. The maximum absolute atomic E-state index is 2.41. The van der Waals surface area contributed by atoms with Crippen molar-refractivity contribution in [2.45, 2.75) is 27.2 Å². The van der Waals surface area contributed by atoms with Crippen molar-refractivity contribution in [1.82, 2.24) is 0 Å². The highest BCUT2D eigenvalue weighted by atomic mass is 14.5.